The molecule has 1 aliphatic rings. The van der Waals surface area contributed by atoms with Crippen LogP contribution in [0.15, 0.2) is 24.5 Å². The lowest BCUT2D eigenvalue weighted by atomic mass is 10.1. The van der Waals surface area contributed by atoms with Crippen molar-refractivity contribution in [1.82, 2.24) is 14.5 Å². The third-order valence-corrected chi connectivity index (χ3v) is 3.64. The Morgan fingerprint density at radius 1 is 1.48 bits per heavy atom. The molecule has 2 heterocycles. The van der Waals surface area contributed by atoms with E-state index in [4.69, 9.17) is 21.1 Å². The molecule has 0 unspecified atom stereocenters. The number of rotatable bonds is 4. The average molecular weight is 344 g/mol. The van der Waals surface area contributed by atoms with Gasteiger partial charge in [0.2, 0.25) is 6.79 Å². The molecule has 0 spiro atoms. The summed E-state index contributed by atoms with van der Waals surface area (Å²) >= 11 is 6.04. The van der Waals surface area contributed by atoms with Crippen molar-refractivity contribution in [1.29, 1.82) is 0 Å². The largest absolute Gasteiger partial charge is 0.454 e. The number of benzene rings is 1. The van der Waals surface area contributed by atoms with Gasteiger partial charge in [-0.1, -0.05) is 11.6 Å². The first-order valence-electron chi connectivity index (χ1n) is 6.62. The van der Waals surface area contributed by atoms with E-state index in [9.17, 15) is 13.6 Å². The van der Waals surface area contributed by atoms with Crippen LogP contribution in [0.5, 0.6) is 11.5 Å². The molecule has 122 valence electrons. The molecule has 6 nitrogen and oxygen atoms in total. The highest BCUT2D eigenvalue weighted by Gasteiger charge is 2.23. The topological polar surface area (TPSA) is 56.6 Å². The molecular formula is C14H12ClF2N3O3. The Bertz CT molecular complexity index is 751. The summed E-state index contributed by atoms with van der Waals surface area (Å²) in [6.45, 7) is -2.74. The standard InChI is InChI=1S/C14H12ClF2N3O3/c1-19(6-11-18-2-3-20(11)14(16)17)13(21)8-4-9(15)12-10(5-8)22-7-23-12/h2-5,14H,6-7H2,1H3. The van der Waals surface area contributed by atoms with E-state index >= 15 is 0 Å². The number of amides is 1. The van der Waals surface area contributed by atoms with Gasteiger partial charge in [0, 0.05) is 25.0 Å². The van der Waals surface area contributed by atoms with Crippen molar-refractivity contribution in [3.05, 3.63) is 40.9 Å². The molecule has 1 aromatic carbocycles. The highest BCUT2D eigenvalue weighted by Crippen LogP contribution is 2.40. The van der Waals surface area contributed by atoms with Gasteiger partial charge in [-0.3, -0.25) is 9.36 Å². The first-order chi connectivity index (χ1) is 11.0. The normalized spacial score (nSPS) is 12.7. The zero-order valence-corrected chi connectivity index (χ0v) is 12.8. The van der Waals surface area contributed by atoms with Crippen LogP contribution in [0.3, 0.4) is 0 Å². The zero-order chi connectivity index (χ0) is 16.6. The van der Waals surface area contributed by atoms with E-state index in [1.54, 1.807) is 0 Å². The number of alkyl halides is 2. The molecular weight excluding hydrogens is 332 g/mol. The molecule has 0 radical (unpaired) electrons. The molecule has 23 heavy (non-hydrogen) atoms. The monoisotopic (exact) mass is 343 g/mol. The van der Waals surface area contributed by atoms with E-state index in [1.165, 1.54) is 30.3 Å². The maximum atomic E-state index is 12.8. The third kappa shape index (κ3) is 2.94. The quantitative estimate of drug-likeness (QED) is 0.856. The van der Waals surface area contributed by atoms with Crippen LogP contribution in [0.1, 0.15) is 22.7 Å². The molecule has 1 aromatic heterocycles. The van der Waals surface area contributed by atoms with Gasteiger partial charge in [0.15, 0.2) is 11.5 Å². The van der Waals surface area contributed by atoms with Gasteiger partial charge in [-0.2, -0.15) is 8.78 Å². The summed E-state index contributed by atoms with van der Waals surface area (Å²) < 4.78 is 36.7. The lowest BCUT2D eigenvalue weighted by molar-refractivity contribution is 0.0612. The Labute approximate surface area is 135 Å². The van der Waals surface area contributed by atoms with Crippen LogP contribution in [0, 0.1) is 0 Å². The number of hydrogen-bond acceptors (Lipinski definition) is 4. The fourth-order valence-electron chi connectivity index (χ4n) is 2.24. The fourth-order valence-corrected chi connectivity index (χ4v) is 2.50. The summed E-state index contributed by atoms with van der Waals surface area (Å²) in [4.78, 5) is 17.6. The molecule has 0 bridgehead atoms. The molecule has 9 heteroatoms. The minimum absolute atomic E-state index is 0.0361. The molecule has 0 atom stereocenters. The number of ether oxygens (including phenoxy) is 2. The van der Waals surface area contributed by atoms with Crippen molar-refractivity contribution in [3.63, 3.8) is 0 Å². The second-order valence-corrected chi connectivity index (χ2v) is 5.29. The number of imidazole rings is 1. The Morgan fingerprint density at radius 2 is 2.26 bits per heavy atom. The van der Waals surface area contributed by atoms with Gasteiger partial charge >= 0.3 is 6.55 Å². The molecule has 3 rings (SSSR count). The molecule has 1 amide bonds. The summed E-state index contributed by atoms with van der Waals surface area (Å²) in [6, 6.07) is 2.96. The number of carbonyl (C=O) groups is 1. The molecule has 1 aliphatic heterocycles. The Balaban J connectivity index is 1.80. The molecule has 0 saturated carbocycles. The molecule has 2 aromatic rings. The van der Waals surface area contributed by atoms with Gasteiger partial charge in [-0.05, 0) is 12.1 Å². The smallest absolute Gasteiger partial charge is 0.319 e. The van der Waals surface area contributed by atoms with Crippen molar-refractivity contribution in [3.8, 4) is 11.5 Å². The van der Waals surface area contributed by atoms with E-state index in [0.717, 1.165) is 6.20 Å². The molecule has 0 N–H and O–H groups in total. The summed E-state index contributed by atoms with van der Waals surface area (Å²) in [5.74, 6) is 0.458. The van der Waals surface area contributed by atoms with E-state index in [2.05, 4.69) is 4.98 Å². The number of carbonyl (C=O) groups excluding carboxylic acids is 1. The summed E-state index contributed by atoms with van der Waals surface area (Å²) in [5.41, 5.74) is 0.275. The lowest BCUT2D eigenvalue weighted by Gasteiger charge is -2.18. The Kier molecular flexibility index (Phi) is 4.08. The van der Waals surface area contributed by atoms with E-state index in [0.29, 0.717) is 16.1 Å². The van der Waals surface area contributed by atoms with Crippen LogP contribution in [0.25, 0.3) is 0 Å². The average Bonchev–Trinajstić information content (AvgIpc) is 3.15. The van der Waals surface area contributed by atoms with E-state index in [1.807, 2.05) is 0 Å². The first kappa shape index (κ1) is 15.5. The molecule has 0 aliphatic carbocycles. The van der Waals surface area contributed by atoms with Gasteiger partial charge in [0.1, 0.15) is 5.82 Å². The van der Waals surface area contributed by atoms with Gasteiger partial charge in [-0.15, -0.1) is 0 Å². The fraction of sp³-hybridized carbons (Fsp3) is 0.286. The van der Waals surface area contributed by atoms with Crippen LogP contribution >= 0.6 is 11.6 Å². The van der Waals surface area contributed by atoms with Crippen LogP contribution in [-0.4, -0.2) is 34.2 Å². The number of hydrogen-bond donors (Lipinski definition) is 0. The zero-order valence-electron chi connectivity index (χ0n) is 12.0. The van der Waals surface area contributed by atoms with Gasteiger partial charge < -0.3 is 14.4 Å². The minimum Gasteiger partial charge on any atom is -0.454 e. The van der Waals surface area contributed by atoms with Gasteiger partial charge in [0.25, 0.3) is 5.91 Å². The third-order valence-electron chi connectivity index (χ3n) is 3.36. The van der Waals surface area contributed by atoms with Crippen LogP contribution < -0.4 is 9.47 Å². The predicted octanol–water partition coefficient (Wildman–Crippen LogP) is 2.93. The van der Waals surface area contributed by atoms with Crippen molar-refractivity contribution >= 4 is 17.5 Å². The van der Waals surface area contributed by atoms with E-state index in [-0.39, 0.29) is 29.7 Å². The summed E-state index contributed by atoms with van der Waals surface area (Å²) in [6.07, 6.45) is 2.42. The predicted molar refractivity (Wildman–Crippen MR) is 76.9 cm³/mol. The molecule has 0 saturated heterocycles. The van der Waals surface area contributed by atoms with Crippen molar-refractivity contribution in [2.45, 2.75) is 13.1 Å². The SMILES string of the molecule is CN(Cc1nccn1C(F)F)C(=O)c1cc(Cl)c2c(c1)OCO2. The Morgan fingerprint density at radius 3 is 3.00 bits per heavy atom. The van der Waals surface area contributed by atoms with Crippen LogP contribution in [-0.2, 0) is 6.54 Å². The second-order valence-electron chi connectivity index (χ2n) is 4.88. The van der Waals surface area contributed by atoms with Crippen molar-refractivity contribution in [2.75, 3.05) is 13.8 Å². The first-order valence-corrected chi connectivity index (χ1v) is 6.99. The van der Waals surface area contributed by atoms with Crippen molar-refractivity contribution < 1.29 is 23.0 Å². The maximum Gasteiger partial charge on any atom is 0.319 e. The molecule has 0 fully saturated rings. The minimum atomic E-state index is -2.71. The Hall–Kier alpha value is -2.35. The van der Waals surface area contributed by atoms with Crippen molar-refractivity contribution in [2.24, 2.45) is 0 Å². The number of nitrogens with zero attached hydrogens (tertiary/aromatic N) is 3. The number of halogens is 3. The van der Waals surface area contributed by atoms with Gasteiger partial charge in [0.05, 0.1) is 11.6 Å². The second kappa shape index (κ2) is 6.04. The highest BCUT2D eigenvalue weighted by molar-refractivity contribution is 6.32. The summed E-state index contributed by atoms with van der Waals surface area (Å²) in [7, 11) is 1.49. The summed E-state index contributed by atoms with van der Waals surface area (Å²) in [5, 5.41) is 0.255. The van der Waals surface area contributed by atoms with Gasteiger partial charge in [-0.25, -0.2) is 4.98 Å². The van der Waals surface area contributed by atoms with Crippen LogP contribution in [0.2, 0.25) is 5.02 Å². The number of fused-ring (bicyclic) bond motifs is 1. The maximum absolute atomic E-state index is 12.8. The van der Waals surface area contributed by atoms with Crippen LogP contribution in [0.4, 0.5) is 8.78 Å². The van der Waals surface area contributed by atoms with E-state index < -0.39 is 12.5 Å². The number of aromatic nitrogens is 2. The lowest BCUT2D eigenvalue weighted by Crippen LogP contribution is -2.27. The highest BCUT2D eigenvalue weighted by atomic mass is 35.5.